The Morgan fingerprint density at radius 2 is 1.68 bits per heavy atom. The number of halogens is 2. The predicted molar refractivity (Wildman–Crippen MR) is 74.9 cm³/mol. The second-order valence-corrected chi connectivity index (χ2v) is 6.40. The quantitative estimate of drug-likeness (QED) is 0.889. The van der Waals surface area contributed by atoms with E-state index in [0.717, 1.165) is 19.2 Å². The highest BCUT2D eigenvalue weighted by Gasteiger charge is 2.15. The Bertz CT molecular complexity index is 393. The molecule has 19 heavy (non-hydrogen) atoms. The fourth-order valence-corrected chi connectivity index (χ4v) is 2.20. The Morgan fingerprint density at radius 3 is 2.16 bits per heavy atom. The molecule has 1 unspecified atom stereocenters. The van der Waals surface area contributed by atoms with E-state index in [1.807, 2.05) is 7.05 Å². The van der Waals surface area contributed by atoms with Crippen molar-refractivity contribution in [3.63, 3.8) is 0 Å². The Morgan fingerprint density at radius 1 is 1.16 bits per heavy atom. The van der Waals surface area contributed by atoms with Crippen LogP contribution < -0.4 is 5.73 Å². The van der Waals surface area contributed by atoms with Crippen molar-refractivity contribution in [3.05, 3.63) is 35.4 Å². The fraction of sp³-hybridized carbons (Fsp3) is 0.600. The van der Waals surface area contributed by atoms with Gasteiger partial charge in [-0.15, -0.1) is 0 Å². The number of benzene rings is 1. The van der Waals surface area contributed by atoms with Crippen molar-refractivity contribution in [1.29, 1.82) is 0 Å². The van der Waals surface area contributed by atoms with Crippen LogP contribution in [0.15, 0.2) is 18.2 Å². The maximum absolute atomic E-state index is 13.1. The maximum atomic E-state index is 13.1. The first kappa shape index (κ1) is 16.1. The molecule has 0 heterocycles. The molecule has 1 atom stereocenters. The van der Waals surface area contributed by atoms with Crippen LogP contribution in [-0.4, -0.2) is 25.0 Å². The lowest BCUT2D eigenvalue weighted by atomic mass is 9.96. The topological polar surface area (TPSA) is 29.3 Å². The summed E-state index contributed by atoms with van der Waals surface area (Å²) in [5.41, 5.74) is 6.73. The van der Waals surface area contributed by atoms with E-state index in [0.29, 0.717) is 12.0 Å². The molecular weight excluding hydrogens is 246 g/mol. The highest BCUT2D eigenvalue weighted by molar-refractivity contribution is 5.21. The summed E-state index contributed by atoms with van der Waals surface area (Å²) < 4.78 is 26.2. The molecule has 2 N–H and O–H groups in total. The first-order chi connectivity index (χ1) is 8.67. The number of hydrogen-bond acceptors (Lipinski definition) is 2. The largest absolute Gasteiger partial charge is 0.324 e. The summed E-state index contributed by atoms with van der Waals surface area (Å²) in [6.45, 7) is 8.27. The van der Waals surface area contributed by atoms with Gasteiger partial charge in [-0.3, -0.25) is 0 Å². The molecule has 0 saturated heterocycles. The van der Waals surface area contributed by atoms with Gasteiger partial charge in [0.15, 0.2) is 0 Å². The van der Waals surface area contributed by atoms with E-state index >= 15 is 0 Å². The van der Waals surface area contributed by atoms with Crippen LogP contribution in [-0.2, 0) is 0 Å². The normalized spacial score (nSPS) is 13.9. The van der Waals surface area contributed by atoms with Gasteiger partial charge in [-0.05, 0) is 43.1 Å². The van der Waals surface area contributed by atoms with Gasteiger partial charge in [0.25, 0.3) is 0 Å². The summed E-state index contributed by atoms with van der Waals surface area (Å²) >= 11 is 0. The average molecular weight is 270 g/mol. The third kappa shape index (κ3) is 6.12. The minimum atomic E-state index is -0.575. The Hall–Kier alpha value is -1.00. The van der Waals surface area contributed by atoms with E-state index in [-0.39, 0.29) is 11.5 Å². The molecule has 0 aliphatic rings. The highest BCUT2D eigenvalue weighted by Crippen LogP contribution is 2.19. The monoisotopic (exact) mass is 270 g/mol. The Kier molecular flexibility index (Phi) is 5.44. The molecule has 0 bridgehead atoms. The minimum absolute atomic E-state index is 0.226. The van der Waals surface area contributed by atoms with Crippen LogP contribution in [0, 0.1) is 17.0 Å². The third-order valence-electron chi connectivity index (χ3n) is 2.88. The van der Waals surface area contributed by atoms with Gasteiger partial charge in [-0.2, -0.15) is 0 Å². The van der Waals surface area contributed by atoms with E-state index < -0.39 is 11.6 Å². The van der Waals surface area contributed by atoms with E-state index in [9.17, 15) is 8.78 Å². The molecule has 2 nitrogen and oxygen atoms in total. The lowest BCUT2D eigenvalue weighted by Gasteiger charge is -2.27. The van der Waals surface area contributed by atoms with Crippen LogP contribution >= 0.6 is 0 Å². The number of hydrogen-bond donors (Lipinski definition) is 1. The summed E-state index contributed by atoms with van der Waals surface area (Å²) in [5, 5.41) is 0. The maximum Gasteiger partial charge on any atom is 0.126 e. The van der Waals surface area contributed by atoms with E-state index in [1.54, 1.807) is 0 Å². The molecule has 0 aliphatic heterocycles. The molecule has 4 heteroatoms. The zero-order valence-corrected chi connectivity index (χ0v) is 12.2. The average Bonchev–Trinajstić information content (AvgIpc) is 2.22. The first-order valence-electron chi connectivity index (χ1n) is 6.57. The van der Waals surface area contributed by atoms with Crippen LogP contribution in [0.4, 0.5) is 8.78 Å². The van der Waals surface area contributed by atoms with Crippen LogP contribution in [0.3, 0.4) is 0 Å². The summed E-state index contributed by atoms with van der Waals surface area (Å²) in [6, 6.07) is 3.13. The van der Waals surface area contributed by atoms with Gasteiger partial charge in [-0.1, -0.05) is 20.8 Å². The highest BCUT2D eigenvalue weighted by atomic mass is 19.1. The molecule has 0 radical (unpaired) electrons. The summed E-state index contributed by atoms with van der Waals surface area (Å²) in [6.07, 6.45) is 0.676. The Balaban J connectivity index is 2.53. The number of nitrogens with two attached hydrogens (primary N) is 1. The minimum Gasteiger partial charge on any atom is -0.324 e. The van der Waals surface area contributed by atoms with Crippen molar-refractivity contribution in [2.75, 3.05) is 20.1 Å². The van der Waals surface area contributed by atoms with Gasteiger partial charge in [0.05, 0.1) is 0 Å². The van der Waals surface area contributed by atoms with Crippen LogP contribution in [0.5, 0.6) is 0 Å². The third-order valence-corrected chi connectivity index (χ3v) is 2.88. The van der Waals surface area contributed by atoms with Crippen molar-refractivity contribution in [1.82, 2.24) is 4.90 Å². The molecular formula is C15H24F2N2. The van der Waals surface area contributed by atoms with Crippen LogP contribution in [0.2, 0.25) is 0 Å². The molecule has 108 valence electrons. The molecule has 0 aliphatic carbocycles. The molecule has 0 saturated carbocycles. The van der Waals surface area contributed by atoms with Crippen LogP contribution in [0.1, 0.15) is 38.8 Å². The van der Waals surface area contributed by atoms with E-state index in [4.69, 9.17) is 5.73 Å². The second-order valence-electron chi connectivity index (χ2n) is 6.40. The summed E-state index contributed by atoms with van der Waals surface area (Å²) in [7, 11) is 2.03. The van der Waals surface area contributed by atoms with Gasteiger partial charge >= 0.3 is 0 Å². The van der Waals surface area contributed by atoms with Crippen LogP contribution in [0.25, 0.3) is 0 Å². The van der Waals surface area contributed by atoms with Crippen molar-refractivity contribution in [3.8, 4) is 0 Å². The van der Waals surface area contributed by atoms with Crippen molar-refractivity contribution in [2.24, 2.45) is 11.1 Å². The van der Waals surface area contributed by atoms with Crippen molar-refractivity contribution in [2.45, 2.75) is 33.2 Å². The first-order valence-corrected chi connectivity index (χ1v) is 6.57. The van der Waals surface area contributed by atoms with Crippen molar-refractivity contribution < 1.29 is 8.78 Å². The zero-order chi connectivity index (χ0) is 14.6. The van der Waals surface area contributed by atoms with Gasteiger partial charge in [0.1, 0.15) is 11.6 Å². The second kappa shape index (κ2) is 6.44. The van der Waals surface area contributed by atoms with Crippen molar-refractivity contribution >= 4 is 0 Å². The lowest BCUT2D eigenvalue weighted by molar-refractivity contribution is 0.221. The van der Waals surface area contributed by atoms with Gasteiger partial charge in [0, 0.05) is 18.7 Å². The van der Waals surface area contributed by atoms with E-state index in [1.165, 1.54) is 12.1 Å². The zero-order valence-electron chi connectivity index (χ0n) is 12.2. The predicted octanol–water partition coefficient (Wildman–Crippen LogP) is 3.33. The smallest absolute Gasteiger partial charge is 0.126 e. The summed E-state index contributed by atoms with van der Waals surface area (Å²) in [5.74, 6) is -1.15. The lowest BCUT2D eigenvalue weighted by Crippen LogP contribution is -2.31. The van der Waals surface area contributed by atoms with Gasteiger partial charge in [-0.25, -0.2) is 8.78 Å². The number of nitrogens with zero attached hydrogens (tertiary/aromatic N) is 1. The molecule has 0 spiro atoms. The number of rotatable bonds is 5. The molecule has 0 fully saturated rings. The molecule has 0 amide bonds. The van der Waals surface area contributed by atoms with Gasteiger partial charge in [0.2, 0.25) is 0 Å². The Labute approximate surface area is 114 Å². The van der Waals surface area contributed by atoms with E-state index in [2.05, 4.69) is 25.7 Å². The van der Waals surface area contributed by atoms with Gasteiger partial charge < -0.3 is 10.6 Å². The molecule has 1 aromatic carbocycles. The standard InChI is InChI=1S/C15H24F2N2/c1-15(2,3)10-19(4)6-5-14(18)11-7-12(16)9-13(17)8-11/h7-9,14H,5-6,10,18H2,1-4H3. The SMILES string of the molecule is CN(CCC(N)c1cc(F)cc(F)c1)CC(C)(C)C. The molecule has 1 rings (SSSR count). The molecule has 0 aromatic heterocycles. The molecule has 1 aromatic rings. The summed E-state index contributed by atoms with van der Waals surface area (Å²) in [4.78, 5) is 2.19. The fourth-order valence-electron chi connectivity index (χ4n) is 2.20.